The minimum absolute atomic E-state index is 0.166. The molecule has 1 aromatic rings. The number of rotatable bonds is 7. The molecule has 0 atom stereocenters. The fourth-order valence-corrected chi connectivity index (χ4v) is 1.70. The van der Waals surface area contributed by atoms with Crippen LogP contribution in [0.25, 0.3) is 0 Å². The Morgan fingerprint density at radius 3 is 2.82 bits per heavy atom. The van der Waals surface area contributed by atoms with Gasteiger partial charge in [-0.2, -0.15) is 4.98 Å². The number of hydrogen-bond acceptors (Lipinski definition) is 4. The minimum atomic E-state index is -0.166. The van der Waals surface area contributed by atoms with Crippen molar-refractivity contribution in [2.75, 3.05) is 26.8 Å². The van der Waals surface area contributed by atoms with E-state index < -0.39 is 0 Å². The summed E-state index contributed by atoms with van der Waals surface area (Å²) in [5.74, 6) is 0. The average Bonchev–Trinajstić information content (AvgIpc) is 2.26. The first kappa shape index (κ1) is 13.9. The lowest BCUT2D eigenvalue weighted by Crippen LogP contribution is -2.31. The molecule has 0 unspecified atom stereocenters. The van der Waals surface area contributed by atoms with Crippen LogP contribution in [-0.4, -0.2) is 36.4 Å². The predicted molar refractivity (Wildman–Crippen MR) is 67.3 cm³/mol. The Labute approximate surface area is 102 Å². The molecule has 0 amide bonds. The van der Waals surface area contributed by atoms with Crippen molar-refractivity contribution in [1.82, 2.24) is 14.9 Å². The largest absolute Gasteiger partial charge is 0.385 e. The molecule has 0 fully saturated rings. The van der Waals surface area contributed by atoms with Crippen LogP contribution in [0.15, 0.2) is 10.9 Å². The van der Waals surface area contributed by atoms with Crippen LogP contribution >= 0.6 is 0 Å². The smallest absolute Gasteiger partial charge is 0.347 e. The summed E-state index contributed by atoms with van der Waals surface area (Å²) in [6.45, 7) is 6.86. The molecule has 0 saturated heterocycles. The standard InChI is InChI=1S/C12H21N3O2/c1-10-9-11(2)15(12(16)14-10)7-6-13-5-4-8-17-3/h9,13H,4-8H2,1-3H3. The summed E-state index contributed by atoms with van der Waals surface area (Å²) in [7, 11) is 1.70. The fraction of sp³-hybridized carbons (Fsp3) is 0.667. The van der Waals surface area contributed by atoms with E-state index in [2.05, 4.69) is 10.3 Å². The summed E-state index contributed by atoms with van der Waals surface area (Å²) in [6, 6.07) is 1.92. The molecular formula is C12H21N3O2. The van der Waals surface area contributed by atoms with Crippen LogP contribution in [0, 0.1) is 13.8 Å². The number of ether oxygens (including phenoxy) is 1. The highest BCUT2D eigenvalue weighted by molar-refractivity contribution is 5.06. The summed E-state index contributed by atoms with van der Waals surface area (Å²) < 4.78 is 6.64. The maximum absolute atomic E-state index is 11.6. The number of nitrogens with one attached hydrogen (secondary N) is 1. The molecule has 1 rings (SSSR count). The number of nitrogens with zero attached hydrogens (tertiary/aromatic N) is 2. The van der Waals surface area contributed by atoms with E-state index in [4.69, 9.17) is 4.74 Å². The van der Waals surface area contributed by atoms with Crippen molar-refractivity contribution in [3.8, 4) is 0 Å². The van der Waals surface area contributed by atoms with Crippen LogP contribution in [0.5, 0.6) is 0 Å². The summed E-state index contributed by atoms with van der Waals surface area (Å²) >= 11 is 0. The Balaban J connectivity index is 2.39. The zero-order valence-corrected chi connectivity index (χ0v) is 10.8. The van der Waals surface area contributed by atoms with Gasteiger partial charge < -0.3 is 10.1 Å². The van der Waals surface area contributed by atoms with Crippen LogP contribution in [0.3, 0.4) is 0 Å². The van der Waals surface area contributed by atoms with E-state index in [0.29, 0.717) is 6.54 Å². The van der Waals surface area contributed by atoms with Crippen LogP contribution in [0.4, 0.5) is 0 Å². The zero-order chi connectivity index (χ0) is 12.7. The van der Waals surface area contributed by atoms with Gasteiger partial charge in [0, 0.05) is 38.2 Å². The monoisotopic (exact) mass is 239 g/mol. The Morgan fingerprint density at radius 1 is 1.41 bits per heavy atom. The number of aryl methyl sites for hydroxylation is 2. The van der Waals surface area contributed by atoms with Crippen LogP contribution in [-0.2, 0) is 11.3 Å². The molecule has 17 heavy (non-hydrogen) atoms. The highest BCUT2D eigenvalue weighted by Gasteiger charge is 2.01. The van der Waals surface area contributed by atoms with Crippen molar-refractivity contribution in [3.63, 3.8) is 0 Å². The molecule has 0 radical (unpaired) electrons. The Morgan fingerprint density at radius 2 is 2.18 bits per heavy atom. The van der Waals surface area contributed by atoms with Crippen molar-refractivity contribution in [2.45, 2.75) is 26.8 Å². The third-order valence-electron chi connectivity index (χ3n) is 2.56. The van der Waals surface area contributed by atoms with Gasteiger partial charge in [0.1, 0.15) is 0 Å². The van der Waals surface area contributed by atoms with Gasteiger partial charge in [0.25, 0.3) is 0 Å². The summed E-state index contributed by atoms with van der Waals surface area (Å²) in [5, 5.41) is 3.27. The number of hydrogen-bond donors (Lipinski definition) is 1. The van der Waals surface area contributed by atoms with Gasteiger partial charge in [0.05, 0.1) is 0 Å². The lowest BCUT2D eigenvalue weighted by Gasteiger charge is -2.10. The van der Waals surface area contributed by atoms with E-state index in [1.807, 2.05) is 19.9 Å². The lowest BCUT2D eigenvalue weighted by atomic mass is 10.3. The van der Waals surface area contributed by atoms with Crippen LogP contribution < -0.4 is 11.0 Å². The normalized spacial score (nSPS) is 10.8. The van der Waals surface area contributed by atoms with E-state index in [0.717, 1.165) is 37.5 Å². The van der Waals surface area contributed by atoms with Gasteiger partial charge in [0.2, 0.25) is 0 Å². The third-order valence-corrected chi connectivity index (χ3v) is 2.56. The molecule has 0 aliphatic rings. The average molecular weight is 239 g/mol. The van der Waals surface area contributed by atoms with Gasteiger partial charge in [-0.3, -0.25) is 4.57 Å². The van der Waals surface area contributed by atoms with Gasteiger partial charge in [-0.1, -0.05) is 0 Å². The topological polar surface area (TPSA) is 56.1 Å². The summed E-state index contributed by atoms with van der Waals surface area (Å²) in [5.41, 5.74) is 1.57. The maximum atomic E-state index is 11.6. The maximum Gasteiger partial charge on any atom is 0.347 e. The first-order valence-electron chi connectivity index (χ1n) is 5.90. The zero-order valence-electron chi connectivity index (χ0n) is 10.8. The SMILES string of the molecule is COCCCNCCn1c(C)cc(C)nc1=O. The molecule has 96 valence electrons. The highest BCUT2D eigenvalue weighted by Crippen LogP contribution is 1.95. The highest BCUT2D eigenvalue weighted by atomic mass is 16.5. The van der Waals surface area contributed by atoms with Crippen molar-refractivity contribution in [2.24, 2.45) is 0 Å². The predicted octanol–water partition coefficient (Wildman–Crippen LogP) is 0.486. The first-order valence-corrected chi connectivity index (χ1v) is 5.90. The second-order valence-corrected chi connectivity index (χ2v) is 4.07. The van der Waals surface area contributed by atoms with Crippen LogP contribution in [0.2, 0.25) is 0 Å². The Bertz CT molecular complexity index is 401. The first-order chi connectivity index (χ1) is 8.15. The molecule has 0 aliphatic heterocycles. The molecule has 0 aromatic carbocycles. The van der Waals surface area contributed by atoms with Crippen LogP contribution in [0.1, 0.15) is 17.8 Å². The Hall–Kier alpha value is -1.20. The van der Waals surface area contributed by atoms with Crippen molar-refractivity contribution >= 4 is 0 Å². The van der Waals surface area contributed by atoms with Crippen molar-refractivity contribution in [3.05, 3.63) is 27.9 Å². The second-order valence-electron chi connectivity index (χ2n) is 4.07. The van der Waals surface area contributed by atoms with Gasteiger partial charge in [0.15, 0.2) is 0 Å². The van der Waals surface area contributed by atoms with E-state index >= 15 is 0 Å². The summed E-state index contributed by atoms with van der Waals surface area (Å²) in [4.78, 5) is 15.6. The van der Waals surface area contributed by atoms with E-state index in [9.17, 15) is 4.79 Å². The molecule has 5 heteroatoms. The molecule has 1 N–H and O–H groups in total. The molecule has 1 heterocycles. The number of aromatic nitrogens is 2. The molecule has 0 aliphatic carbocycles. The second kappa shape index (κ2) is 7.19. The van der Waals surface area contributed by atoms with Gasteiger partial charge in [-0.05, 0) is 32.9 Å². The number of methoxy groups -OCH3 is 1. The molecule has 5 nitrogen and oxygen atoms in total. The fourth-order valence-electron chi connectivity index (χ4n) is 1.70. The minimum Gasteiger partial charge on any atom is -0.385 e. The molecule has 0 bridgehead atoms. The van der Waals surface area contributed by atoms with Crippen molar-refractivity contribution < 1.29 is 4.74 Å². The molecule has 0 saturated carbocycles. The lowest BCUT2D eigenvalue weighted by molar-refractivity contribution is 0.194. The van der Waals surface area contributed by atoms with E-state index in [1.54, 1.807) is 11.7 Å². The Kier molecular flexibility index (Phi) is 5.86. The van der Waals surface area contributed by atoms with Gasteiger partial charge in [-0.15, -0.1) is 0 Å². The quantitative estimate of drug-likeness (QED) is 0.703. The van der Waals surface area contributed by atoms with E-state index in [1.165, 1.54) is 0 Å². The van der Waals surface area contributed by atoms with E-state index in [-0.39, 0.29) is 5.69 Å². The molecule has 0 spiro atoms. The third kappa shape index (κ3) is 4.66. The van der Waals surface area contributed by atoms with Crippen molar-refractivity contribution in [1.29, 1.82) is 0 Å². The molecule has 1 aromatic heterocycles. The van der Waals surface area contributed by atoms with Gasteiger partial charge in [-0.25, -0.2) is 4.79 Å². The molecular weight excluding hydrogens is 218 g/mol. The summed E-state index contributed by atoms with van der Waals surface area (Å²) in [6.07, 6.45) is 0.983. The van der Waals surface area contributed by atoms with Gasteiger partial charge >= 0.3 is 5.69 Å².